The molecule has 0 aromatic carbocycles. The number of nitrogens with zero attached hydrogens (tertiary/aromatic N) is 1. The van der Waals surface area contributed by atoms with Crippen molar-refractivity contribution in [2.45, 2.75) is 13.8 Å². The minimum Gasteiger partial charge on any atom is -0.464 e. The number of halogens is 1. The fraction of sp³-hybridized carbons (Fsp3) is 0.250. The van der Waals surface area contributed by atoms with Crippen molar-refractivity contribution in [2.24, 2.45) is 0 Å². The summed E-state index contributed by atoms with van der Waals surface area (Å²) in [5.41, 5.74) is 12.2. The Bertz CT molecular complexity index is 382. The SMILES string of the molecule is Cc1nc(Cl)c(N)c(NNC(=O)O)c1C. The zero-order chi connectivity index (χ0) is 11.6. The highest BCUT2D eigenvalue weighted by Gasteiger charge is 2.11. The van der Waals surface area contributed by atoms with Gasteiger partial charge in [0.05, 0.1) is 11.4 Å². The molecule has 0 aliphatic carbocycles. The van der Waals surface area contributed by atoms with E-state index in [0.29, 0.717) is 11.4 Å². The Kier molecular flexibility index (Phi) is 3.21. The Balaban J connectivity index is 3.09. The minimum absolute atomic E-state index is 0.146. The lowest BCUT2D eigenvalue weighted by Gasteiger charge is -2.14. The molecule has 0 saturated heterocycles. The van der Waals surface area contributed by atoms with Crippen LogP contribution in [0, 0.1) is 13.8 Å². The third kappa shape index (κ3) is 2.41. The molecule has 5 N–H and O–H groups in total. The first-order valence-corrected chi connectivity index (χ1v) is 4.48. The van der Waals surface area contributed by atoms with Crippen LogP contribution in [0.2, 0.25) is 5.15 Å². The summed E-state index contributed by atoms with van der Waals surface area (Å²) >= 11 is 5.76. The molecule has 1 heterocycles. The number of hydrogen-bond donors (Lipinski definition) is 4. The van der Waals surface area contributed by atoms with E-state index in [2.05, 4.69) is 10.4 Å². The van der Waals surface area contributed by atoms with E-state index in [1.165, 1.54) is 0 Å². The molecule has 7 heteroatoms. The normalized spacial score (nSPS) is 9.80. The lowest BCUT2D eigenvalue weighted by molar-refractivity contribution is 0.197. The Labute approximate surface area is 91.4 Å². The lowest BCUT2D eigenvalue weighted by Crippen LogP contribution is -2.28. The molecule has 1 amide bonds. The van der Waals surface area contributed by atoms with E-state index >= 15 is 0 Å². The predicted octanol–water partition coefficient (Wildman–Crippen LogP) is 1.53. The van der Waals surface area contributed by atoms with Crippen LogP contribution in [0.15, 0.2) is 0 Å². The molecule has 1 aromatic heterocycles. The summed E-state index contributed by atoms with van der Waals surface area (Å²) < 4.78 is 0. The van der Waals surface area contributed by atoms with E-state index in [-0.39, 0.29) is 10.8 Å². The molecular formula is C8H11ClN4O2. The van der Waals surface area contributed by atoms with Gasteiger partial charge in [-0.3, -0.25) is 5.43 Å². The van der Waals surface area contributed by atoms with Crippen LogP contribution in [0.3, 0.4) is 0 Å². The molecule has 0 fully saturated rings. The molecule has 1 aromatic rings. The summed E-state index contributed by atoms with van der Waals surface area (Å²) in [6.45, 7) is 3.52. The smallest absolute Gasteiger partial charge is 0.423 e. The third-order valence-corrected chi connectivity index (χ3v) is 2.26. The maximum Gasteiger partial charge on any atom is 0.423 e. The first-order chi connectivity index (χ1) is 6.93. The van der Waals surface area contributed by atoms with Gasteiger partial charge in [-0.1, -0.05) is 11.6 Å². The van der Waals surface area contributed by atoms with Crippen molar-refractivity contribution in [1.82, 2.24) is 10.4 Å². The van der Waals surface area contributed by atoms with Crippen molar-refractivity contribution in [3.8, 4) is 0 Å². The molecule has 0 unspecified atom stereocenters. The van der Waals surface area contributed by atoms with Crippen molar-refractivity contribution in [2.75, 3.05) is 11.2 Å². The molecule has 0 saturated carbocycles. The number of carbonyl (C=O) groups is 1. The Hall–Kier alpha value is -1.69. The second kappa shape index (κ2) is 4.22. The van der Waals surface area contributed by atoms with Crippen LogP contribution in [0.4, 0.5) is 16.2 Å². The van der Waals surface area contributed by atoms with Crippen molar-refractivity contribution in [3.05, 3.63) is 16.4 Å². The topological polar surface area (TPSA) is 100 Å². The maximum atomic E-state index is 10.3. The van der Waals surface area contributed by atoms with Gasteiger partial charge in [0.15, 0.2) is 5.15 Å². The van der Waals surface area contributed by atoms with Gasteiger partial charge in [0.2, 0.25) is 0 Å². The number of nitrogen functional groups attached to an aromatic ring is 1. The second-order valence-corrected chi connectivity index (χ2v) is 3.31. The van der Waals surface area contributed by atoms with Crippen molar-refractivity contribution >= 4 is 29.1 Å². The summed E-state index contributed by atoms with van der Waals surface area (Å²) in [7, 11) is 0. The number of pyridine rings is 1. The summed E-state index contributed by atoms with van der Waals surface area (Å²) in [4.78, 5) is 14.3. The average Bonchev–Trinajstić information content (AvgIpc) is 2.14. The van der Waals surface area contributed by atoms with Gasteiger partial charge in [-0.25, -0.2) is 15.2 Å². The lowest BCUT2D eigenvalue weighted by atomic mass is 10.2. The number of nitrogens with two attached hydrogens (primary N) is 1. The largest absolute Gasteiger partial charge is 0.464 e. The molecule has 0 spiro atoms. The molecule has 0 radical (unpaired) electrons. The van der Waals surface area contributed by atoms with Gasteiger partial charge in [0.1, 0.15) is 0 Å². The summed E-state index contributed by atoms with van der Waals surface area (Å²) in [5.74, 6) is 0. The number of amides is 1. The van der Waals surface area contributed by atoms with Crippen molar-refractivity contribution < 1.29 is 9.90 Å². The summed E-state index contributed by atoms with van der Waals surface area (Å²) in [5, 5.41) is 8.58. The van der Waals surface area contributed by atoms with Crippen LogP contribution in [-0.4, -0.2) is 16.2 Å². The van der Waals surface area contributed by atoms with Crippen LogP contribution >= 0.6 is 11.6 Å². The van der Waals surface area contributed by atoms with Crippen LogP contribution in [0.1, 0.15) is 11.3 Å². The molecule has 0 bridgehead atoms. The van der Waals surface area contributed by atoms with Crippen molar-refractivity contribution in [1.29, 1.82) is 0 Å². The van der Waals surface area contributed by atoms with Gasteiger partial charge in [0, 0.05) is 5.69 Å². The minimum atomic E-state index is -1.21. The van der Waals surface area contributed by atoms with E-state index in [4.69, 9.17) is 22.4 Å². The van der Waals surface area contributed by atoms with Crippen LogP contribution < -0.4 is 16.6 Å². The van der Waals surface area contributed by atoms with Crippen LogP contribution in [0.5, 0.6) is 0 Å². The van der Waals surface area contributed by atoms with Gasteiger partial charge >= 0.3 is 6.09 Å². The predicted molar refractivity (Wildman–Crippen MR) is 57.9 cm³/mol. The number of hydrogen-bond acceptors (Lipinski definition) is 4. The molecule has 0 atom stereocenters. The molecule has 1 rings (SSSR count). The molecule has 0 aliphatic rings. The summed E-state index contributed by atoms with van der Waals surface area (Å²) in [6.07, 6.45) is -1.21. The van der Waals surface area contributed by atoms with Gasteiger partial charge < -0.3 is 10.8 Å². The molecule has 15 heavy (non-hydrogen) atoms. The van der Waals surface area contributed by atoms with E-state index in [9.17, 15) is 4.79 Å². The maximum absolute atomic E-state index is 10.3. The first kappa shape index (κ1) is 11.4. The quantitative estimate of drug-likeness (QED) is 0.456. The summed E-state index contributed by atoms with van der Waals surface area (Å²) in [6, 6.07) is 0. The first-order valence-electron chi connectivity index (χ1n) is 4.10. The van der Waals surface area contributed by atoms with Gasteiger partial charge in [-0.15, -0.1) is 0 Å². The van der Waals surface area contributed by atoms with E-state index in [0.717, 1.165) is 5.56 Å². The Morgan fingerprint density at radius 1 is 1.53 bits per heavy atom. The number of hydrazine groups is 1. The van der Waals surface area contributed by atoms with E-state index in [1.54, 1.807) is 13.8 Å². The van der Waals surface area contributed by atoms with Crippen LogP contribution in [0.25, 0.3) is 0 Å². The highest BCUT2D eigenvalue weighted by Crippen LogP contribution is 2.29. The fourth-order valence-electron chi connectivity index (χ4n) is 1.05. The number of rotatable bonds is 2. The van der Waals surface area contributed by atoms with E-state index in [1.807, 2.05) is 5.43 Å². The zero-order valence-electron chi connectivity index (χ0n) is 8.26. The zero-order valence-corrected chi connectivity index (χ0v) is 9.01. The van der Waals surface area contributed by atoms with Crippen molar-refractivity contribution in [3.63, 3.8) is 0 Å². The third-order valence-electron chi connectivity index (χ3n) is 1.97. The number of nitrogens with one attached hydrogen (secondary N) is 2. The standard InChI is InChI=1S/C8H11ClN4O2/c1-3-4(2)11-7(9)5(10)6(3)12-13-8(14)15/h13H,10H2,1-2H3,(H,11,12)(H,14,15). The highest BCUT2D eigenvalue weighted by atomic mass is 35.5. The number of aryl methyl sites for hydroxylation is 1. The Morgan fingerprint density at radius 2 is 2.13 bits per heavy atom. The highest BCUT2D eigenvalue weighted by molar-refractivity contribution is 6.32. The van der Waals surface area contributed by atoms with Gasteiger partial charge in [-0.05, 0) is 19.4 Å². The second-order valence-electron chi connectivity index (χ2n) is 2.96. The van der Waals surface area contributed by atoms with Crippen LogP contribution in [-0.2, 0) is 0 Å². The van der Waals surface area contributed by atoms with Gasteiger partial charge in [0.25, 0.3) is 0 Å². The number of anilines is 2. The molecule has 0 aliphatic heterocycles. The fourth-order valence-corrected chi connectivity index (χ4v) is 1.28. The number of aromatic nitrogens is 1. The number of carboxylic acid groups (broad SMARTS) is 1. The molecule has 6 nitrogen and oxygen atoms in total. The molecule has 82 valence electrons. The Morgan fingerprint density at radius 3 is 2.67 bits per heavy atom. The van der Waals surface area contributed by atoms with E-state index < -0.39 is 6.09 Å². The van der Waals surface area contributed by atoms with Gasteiger partial charge in [-0.2, -0.15) is 0 Å². The monoisotopic (exact) mass is 230 g/mol. The average molecular weight is 231 g/mol. The molecular weight excluding hydrogens is 220 g/mol.